The number of rotatable bonds is 4. The summed E-state index contributed by atoms with van der Waals surface area (Å²) in [7, 11) is 0. The average Bonchev–Trinajstić information content (AvgIpc) is 2.77. The Bertz CT molecular complexity index is 679. The van der Waals surface area contributed by atoms with Crippen LogP contribution in [0.25, 0.3) is 0 Å². The second kappa shape index (κ2) is 9.25. The van der Waals surface area contributed by atoms with E-state index in [4.69, 9.17) is 23.7 Å². The van der Waals surface area contributed by atoms with Crippen LogP contribution in [0.2, 0.25) is 0 Å². The normalized spacial score (nSPS) is 46.9. The highest BCUT2D eigenvalue weighted by Crippen LogP contribution is 2.41. The van der Waals surface area contributed by atoms with Crippen LogP contribution < -0.4 is 0 Å². The minimum absolute atomic E-state index is 0.0349. The predicted octanol–water partition coefficient (Wildman–Crippen LogP) is 4.95. The Labute approximate surface area is 181 Å². The molecule has 0 N–H and O–H groups in total. The molecule has 4 rings (SSSR count). The van der Waals surface area contributed by atoms with Crippen LogP contribution in [0.3, 0.4) is 0 Å². The van der Waals surface area contributed by atoms with Crippen molar-refractivity contribution in [3.05, 3.63) is 35.9 Å². The SMILES string of the molecule is CCC1O[C@H](OC2C(C)OC3COC(c4ccccc4)O[C@H]3[C@@H]2C)C(C)[C@@H](C)[C@@H]1C. The van der Waals surface area contributed by atoms with E-state index in [-0.39, 0.29) is 49.0 Å². The van der Waals surface area contributed by atoms with Gasteiger partial charge in [0.1, 0.15) is 6.10 Å². The number of benzene rings is 1. The largest absolute Gasteiger partial charge is 0.367 e. The van der Waals surface area contributed by atoms with Crippen LogP contribution in [0, 0.1) is 23.7 Å². The summed E-state index contributed by atoms with van der Waals surface area (Å²) in [4.78, 5) is 0. The second-order valence-electron chi connectivity index (χ2n) is 9.54. The van der Waals surface area contributed by atoms with E-state index in [1.807, 2.05) is 30.3 Å². The molecular formula is C25H38O5. The van der Waals surface area contributed by atoms with Crippen molar-refractivity contribution in [1.29, 1.82) is 0 Å². The molecule has 0 spiro atoms. The van der Waals surface area contributed by atoms with E-state index in [0.717, 1.165) is 12.0 Å². The van der Waals surface area contributed by atoms with Crippen LogP contribution in [0.4, 0.5) is 0 Å². The zero-order valence-electron chi connectivity index (χ0n) is 19.2. The van der Waals surface area contributed by atoms with Gasteiger partial charge in [0.2, 0.25) is 0 Å². The van der Waals surface area contributed by atoms with Crippen LogP contribution in [0.5, 0.6) is 0 Å². The van der Waals surface area contributed by atoms with Crippen LogP contribution >= 0.6 is 0 Å². The van der Waals surface area contributed by atoms with Crippen molar-refractivity contribution in [2.24, 2.45) is 23.7 Å². The van der Waals surface area contributed by atoms with Gasteiger partial charge in [0, 0.05) is 17.4 Å². The molecule has 3 saturated heterocycles. The van der Waals surface area contributed by atoms with Crippen molar-refractivity contribution in [3.8, 4) is 0 Å². The molecule has 5 nitrogen and oxygen atoms in total. The quantitative estimate of drug-likeness (QED) is 0.692. The minimum Gasteiger partial charge on any atom is -0.367 e. The Kier molecular flexibility index (Phi) is 6.85. The first kappa shape index (κ1) is 22.2. The fourth-order valence-electron chi connectivity index (χ4n) is 5.38. The summed E-state index contributed by atoms with van der Waals surface area (Å²) >= 11 is 0. The van der Waals surface area contributed by atoms with E-state index in [9.17, 15) is 0 Å². The third kappa shape index (κ3) is 4.20. The van der Waals surface area contributed by atoms with E-state index in [1.165, 1.54) is 0 Å². The molecule has 0 amide bonds. The minimum atomic E-state index is -0.359. The number of hydrogen-bond acceptors (Lipinski definition) is 5. The Hall–Kier alpha value is -0.980. The Morgan fingerprint density at radius 1 is 0.867 bits per heavy atom. The molecule has 6 unspecified atom stereocenters. The molecule has 3 fully saturated rings. The van der Waals surface area contributed by atoms with Gasteiger partial charge in [-0.1, -0.05) is 65.0 Å². The molecule has 30 heavy (non-hydrogen) atoms. The topological polar surface area (TPSA) is 46.2 Å². The lowest BCUT2D eigenvalue weighted by Crippen LogP contribution is -2.59. The van der Waals surface area contributed by atoms with E-state index >= 15 is 0 Å². The molecule has 1 aromatic rings. The maximum Gasteiger partial charge on any atom is 0.184 e. The van der Waals surface area contributed by atoms with E-state index in [2.05, 4.69) is 41.5 Å². The summed E-state index contributed by atoms with van der Waals surface area (Å²) in [5, 5.41) is 0. The third-order valence-electron chi connectivity index (χ3n) is 7.70. The fourth-order valence-corrected chi connectivity index (χ4v) is 5.38. The lowest BCUT2D eigenvalue weighted by Gasteiger charge is -2.50. The standard InChI is InChI=1S/C25H38O5/c1-7-20-15(3)14(2)16(4)24(28-20)29-22-17(5)23-21(27-18(22)6)13-26-25(30-23)19-11-9-8-10-12-19/h8-12,14-18,20-25H,7,13H2,1-6H3/t14-,15-,16?,17+,18?,20?,21?,22?,23-,24+,25?/m0/s1. The molecule has 3 heterocycles. The summed E-state index contributed by atoms with van der Waals surface area (Å²) in [5.74, 6) is 1.61. The molecule has 1 aromatic carbocycles. The van der Waals surface area contributed by atoms with Gasteiger partial charge < -0.3 is 23.7 Å². The number of fused-ring (bicyclic) bond motifs is 1. The average molecular weight is 419 g/mol. The van der Waals surface area contributed by atoms with Gasteiger partial charge in [0.05, 0.1) is 31.0 Å². The monoisotopic (exact) mass is 418 g/mol. The fraction of sp³-hybridized carbons (Fsp3) is 0.760. The highest BCUT2D eigenvalue weighted by Gasteiger charge is 2.49. The van der Waals surface area contributed by atoms with Crippen molar-refractivity contribution in [2.45, 2.75) is 91.1 Å². The van der Waals surface area contributed by atoms with Gasteiger partial charge in [0.15, 0.2) is 12.6 Å². The molecule has 168 valence electrons. The maximum atomic E-state index is 6.64. The summed E-state index contributed by atoms with van der Waals surface area (Å²) in [6.07, 6.45) is 0.436. The smallest absolute Gasteiger partial charge is 0.184 e. The van der Waals surface area contributed by atoms with Crippen molar-refractivity contribution >= 4 is 0 Å². The lowest BCUT2D eigenvalue weighted by atomic mass is 9.78. The van der Waals surface area contributed by atoms with Gasteiger partial charge in [-0.15, -0.1) is 0 Å². The second-order valence-corrected chi connectivity index (χ2v) is 9.54. The summed E-state index contributed by atoms with van der Waals surface area (Å²) in [6.45, 7) is 13.9. The highest BCUT2D eigenvalue weighted by atomic mass is 16.7. The molecule has 0 aliphatic carbocycles. The van der Waals surface area contributed by atoms with Gasteiger partial charge >= 0.3 is 0 Å². The summed E-state index contributed by atoms with van der Waals surface area (Å²) in [6, 6.07) is 10.1. The van der Waals surface area contributed by atoms with Gasteiger partial charge in [0.25, 0.3) is 0 Å². The van der Waals surface area contributed by atoms with Crippen LogP contribution in [-0.2, 0) is 23.7 Å². The van der Waals surface area contributed by atoms with E-state index < -0.39 is 0 Å². The Balaban J connectivity index is 1.46. The molecule has 0 radical (unpaired) electrons. The highest BCUT2D eigenvalue weighted by molar-refractivity contribution is 5.16. The molecule has 3 aliphatic heterocycles. The lowest BCUT2D eigenvalue weighted by molar-refractivity contribution is -0.344. The van der Waals surface area contributed by atoms with Crippen LogP contribution in [0.15, 0.2) is 30.3 Å². The summed E-state index contributed by atoms with van der Waals surface area (Å²) < 4.78 is 31.7. The van der Waals surface area contributed by atoms with Crippen molar-refractivity contribution in [3.63, 3.8) is 0 Å². The zero-order valence-corrected chi connectivity index (χ0v) is 19.2. The maximum absolute atomic E-state index is 6.64. The Morgan fingerprint density at radius 2 is 1.60 bits per heavy atom. The predicted molar refractivity (Wildman–Crippen MR) is 115 cm³/mol. The number of ether oxygens (including phenoxy) is 5. The van der Waals surface area contributed by atoms with Crippen LogP contribution in [-0.4, -0.2) is 43.4 Å². The first-order valence-corrected chi connectivity index (χ1v) is 11.7. The molecule has 3 aliphatic rings. The Morgan fingerprint density at radius 3 is 2.30 bits per heavy atom. The van der Waals surface area contributed by atoms with Crippen molar-refractivity contribution in [2.75, 3.05) is 6.61 Å². The van der Waals surface area contributed by atoms with Crippen molar-refractivity contribution < 1.29 is 23.7 Å². The summed E-state index contributed by atoms with van der Waals surface area (Å²) in [5.41, 5.74) is 1.04. The van der Waals surface area contributed by atoms with Gasteiger partial charge in [-0.2, -0.15) is 0 Å². The first-order chi connectivity index (χ1) is 14.4. The van der Waals surface area contributed by atoms with Gasteiger partial charge in [-0.25, -0.2) is 0 Å². The van der Waals surface area contributed by atoms with E-state index in [0.29, 0.717) is 24.4 Å². The molecular weight excluding hydrogens is 380 g/mol. The zero-order chi connectivity index (χ0) is 21.4. The molecule has 5 heteroatoms. The van der Waals surface area contributed by atoms with Gasteiger partial charge in [-0.05, 0) is 25.2 Å². The molecule has 11 atom stereocenters. The van der Waals surface area contributed by atoms with E-state index in [1.54, 1.807) is 0 Å². The molecule has 0 saturated carbocycles. The number of hydrogen-bond donors (Lipinski definition) is 0. The van der Waals surface area contributed by atoms with Gasteiger partial charge in [-0.3, -0.25) is 0 Å². The molecule has 0 aromatic heterocycles. The van der Waals surface area contributed by atoms with Crippen molar-refractivity contribution in [1.82, 2.24) is 0 Å². The molecule has 0 bridgehead atoms. The van der Waals surface area contributed by atoms with Crippen LogP contribution in [0.1, 0.15) is 59.8 Å². The first-order valence-electron chi connectivity index (χ1n) is 11.7. The third-order valence-corrected chi connectivity index (χ3v) is 7.70.